The molecular formula is C47H33N3OSi. The van der Waals surface area contributed by atoms with Crippen LogP contribution in [0.15, 0.2) is 168 Å². The van der Waals surface area contributed by atoms with Crippen LogP contribution in [-0.4, -0.2) is 23.0 Å². The molecule has 0 N–H and O–H groups in total. The fraction of sp³-hybridized carbons (Fsp3) is 0.0426. The van der Waals surface area contributed by atoms with E-state index in [2.05, 4.69) is 140 Å². The van der Waals surface area contributed by atoms with Gasteiger partial charge in [-0.3, -0.25) is 0 Å². The first-order chi connectivity index (χ1) is 25.5. The lowest BCUT2D eigenvalue weighted by molar-refractivity contribution is 0.670. The summed E-state index contributed by atoms with van der Waals surface area (Å²) in [5, 5.41) is 5.14. The van der Waals surface area contributed by atoms with Crippen molar-refractivity contribution in [3.05, 3.63) is 164 Å². The molecular weight excluding hydrogens is 651 g/mol. The summed E-state index contributed by atoms with van der Waals surface area (Å²) in [6.07, 6.45) is 0. The molecule has 10 rings (SSSR count). The molecule has 1 aliphatic rings. The number of aromatic nitrogens is 3. The van der Waals surface area contributed by atoms with Crippen LogP contribution in [0.1, 0.15) is 0 Å². The van der Waals surface area contributed by atoms with Crippen LogP contribution in [-0.2, 0) is 0 Å². The summed E-state index contributed by atoms with van der Waals surface area (Å²) in [6, 6.07) is 57.4. The predicted molar refractivity (Wildman–Crippen MR) is 216 cm³/mol. The van der Waals surface area contributed by atoms with Crippen LogP contribution in [0.2, 0.25) is 13.1 Å². The third-order valence-electron chi connectivity index (χ3n) is 10.5. The lowest BCUT2D eigenvalue weighted by Gasteiger charge is -2.20. The van der Waals surface area contributed by atoms with Gasteiger partial charge in [0.15, 0.2) is 17.5 Å². The van der Waals surface area contributed by atoms with E-state index in [0.29, 0.717) is 17.5 Å². The minimum Gasteiger partial charge on any atom is -0.455 e. The highest BCUT2D eigenvalue weighted by Crippen LogP contribution is 2.44. The van der Waals surface area contributed by atoms with Crippen molar-refractivity contribution in [2.45, 2.75) is 13.1 Å². The van der Waals surface area contributed by atoms with Gasteiger partial charge in [-0.05, 0) is 50.3 Å². The van der Waals surface area contributed by atoms with Crippen molar-refractivity contribution < 1.29 is 4.42 Å². The van der Waals surface area contributed by atoms with Crippen LogP contribution in [0, 0.1) is 0 Å². The van der Waals surface area contributed by atoms with E-state index in [1.54, 1.807) is 0 Å². The molecule has 0 spiro atoms. The van der Waals surface area contributed by atoms with Gasteiger partial charge in [0, 0.05) is 33.0 Å². The smallest absolute Gasteiger partial charge is 0.164 e. The van der Waals surface area contributed by atoms with Crippen molar-refractivity contribution in [1.82, 2.24) is 15.0 Å². The van der Waals surface area contributed by atoms with Crippen LogP contribution in [0.5, 0.6) is 0 Å². The van der Waals surface area contributed by atoms with Crippen molar-refractivity contribution in [1.29, 1.82) is 0 Å². The Balaban J connectivity index is 1.15. The molecule has 1 aliphatic heterocycles. The lowest BCUT2D eigenvalue weighted by Crippen LogP contribution is -2.49. The maximum atomic E-state index is 6.78. The molecule has 5 heteroatoms. The highest BCUT2D eigenvalue weighted by molar-refractivity contribution is 7.04. The Morgan fingerprint density at radius 2 is 0.962 bits per heavy atom. The zero-order valence-corrected chi connectivity index (χ0v) is 29.8. The van der Waals surface area contributed by atoms with Gasteiger partial charge in [-0.15, -0.1) is 0 Å². The summed E-state index contributed by atoms with van der Waals surface area (Å²) in [5.41, 5.74) is 11.8. The number of fused-ring (bicyclic) bond motifs is 7. The highest BCUT2D eigenvalue weighted by atomic mass is 28.3. The predicted octanol–water partition coefficient (Wildman–Crippen LogP) is 10.9. The number of rotatable bonds is 5. The molecule has 0 bridgehead atoms. The molecule has 9 aromatic rings. The monoisotopic (exact) mass is 683 g/mol. The number of nitrogens with zero attached hydrogens (tertiary/aromatic N) is 3. The minimum atomic E-state index is -2.00. The van der Waals surface area contributed by atoms with Crippen molar-refractivity contribution >= 4 is 40.4 Å². The Bertz CT molecular complexity index is 2810. The van der Waals surface area contributed by atoms with Crippen molar-refractivity contribution in [2.75, 3.05) is 0 Å². The molecule has 246 valence electrons. The van der Waals surface area contributed by atoms with E-state index >= 15 is 0 Å². The van der Waals surface area contributed by atoms with Crippen LogP contribution in [0.25, 0.3) is 89.5 Å². The molecule has 2 aromatic heterocycles. The van der Waals surface area contributed by atoms with Crippen molar-refractivity contribution in [2.24, 2.45) is 0 Å². The van der Waals surface area contributed by atoms with E-state index in [1.807, 2.05) is 36.4 Å². The number of hydrogen-bond acceptors (Lipinski definition) is 4. The molecule has 0 atom stereocenters. The Morgan fingerprint density at radius 1 is 0.423 bits per heavy atom. The van der Waals surface area contributed by atoms with Crippen LogP contribution < -0.4 is 10.4 Å². The van der Waals surface area contributed by atoms with Crippen LogP contribution >= 0.6 is 0 Å². The van der Waals surface area contributed by atoms with Crippen molar-refractivity contribution in [3.63, 3.8) is 0 Å². The normalized spacial score (nSPS) is 13.0. The fourth-order valence-electron chi connectivity index (χ4n) is 7.90. The average molecular weight is 684 g/mol. The third-order valence-corrected chi connectivity index (χ3v) is 14.1. The zero-order valence-electron chi connectivity index (χ0n) is 28.8. The second kappa shape index (κ2) is 11.8. The second-order valence-electron chi connectivity index (χ2n) is 14.0. The van der Waals surface area contributed by atoms with Gasteiger partial charge in [0.05, 0.1) is 0 Å². The first-order valence-electron chi connectivity index (χ1n) is 17.7. The van der Waals surface area contributed by atoms with Gasteiger partial charge in [-0.25, -0.2) is 15.0 Å². The van der Waals surface area contributed by atoms with E-state index in [-0.39, 0.29) is 0 Å². The highest BCUT2D eigenvalue weighted by Gasteiger charge is 2.40. The van der Waals surface area contributed by atoms with E-state index in [4.69, 9.17) is 19.4 Å². The van der Waals surface area contributed by atoms with Crippen LogP contribution in [0.4, 0.5) is 0 Å². The minimum absolute atomic E-state index is 0.634. The molecule has 0 radical (unpaired) electrons. The summed E-state index contributed by atoms with van der Waals surface area (Å²) in [6.45, 7) is 4.91. The van der Waals surface area contributed by atoms with Gasteiger partial charge in [0.25, 0.3) is 0 Å². The number of furan rings is 1. The topological polar surface area (TPSA) is 51.8 Å². The van der Waals surface area contributed by atoms with E-state index in [9.17, 15) is 0 Å². The molecule has 0 fully saturated rings. The molecule has 0 saturated heterocycles. The fourth-order valence-corrected chi connectivity index (χ4v) is 11.0. The second-order valence-corrected chi connectivity index (χ2v) is 18.3. The van der Waals surface area contributed by atoms with E-state index in [0.717, 1.165) is 49.8 Å². The van der Waals surface area contributed by atoms with Gasteiger partial charge in [0.2, 0.25) is 0 Å². The van der Waals surface area contributed by atoms with Gasteiger partial charge < -0.3 is 4.42 Å². The molecule has 0 aliphatic carbocycles. The summed E-state index contributed by atoms with van der Waals surface area (Å²) in [4.78, 5) is 15.2. The molecule has 52 heavy (non-hydrogen) atoms. The molecule has 4 nitrogen and oxygen atoms in total. The van der Waals surface area contributed by atoms with Gasteiger partial charge in [-0.1, -0.05) is 165 Å². The number of benzene rings is 7. The first kappa shape index (κ1) is 30.4. The first-order valence-corrected chi connectivity index (χ1v) is 20.7. The SMILES string of the molecule is C[Si]1(C)c2ccccc2-c2c1cc(-c1cccc(-c3nc(-c4ccccc4)nc(-c4ccc(-c5ccccc5)cc4)n3)c1)c1c2oc2ccccc21. The van der Waals surface area contributed by atoms with Crippen LogP contribution in [0.3, 0.4) is 0 Å². The standard InChI is InChI=1S/C47H33N3OSi/c1-52(2)40-23-12-10-21-37(40)43-41(52)29-38(42-36-20-9-11-22-39(36)51-44(42)43)34-18-13-19-35(28-34)47-49-45(32-16-7-4-8-17-32)48-46(50-47)33-26-24-31(25-27-33)30-14-5-3-6-15-30/h3-29H,1-2H3. The molecule has 0 amide bonds. The number of para-hydroxylation sites is 1. The third kappa shape index (κ3) is 4.85. The van der Waals surface area contributed by atoms with E-state index in [1.165, 1.54) is 32.6 Å². The quantitative estimate of drug-likeness (QED) is 0.169. The Labute approximate surface area is 303 Å². The maximum absolute atomic E-state index is 6.78. The summed E-state index contributed by atoms with van der Waals surface area (Å²) < 4.78 is 6.78. The molecule has 3 heterocycles. The van der Waals surface area contributed by atoms with Gasteiger partial charge >= 0.3 is 0 Å². The number of hydrogen-bond donors (Lipinski definition) is 0. The average Bonchev–Trinajstić information content (AvgIpc) is 3.71. The summed E-state index contributed by atoms with van der Waals surface area (Å²) in [5.74, 6) is 1.92. The lowest BCUT2D eigenvalue weighted by atomic mass is 9.94. The van der Waals surface area contributed by atoms with Gasteiger partial charge in [0.1, 0.15) is 19.2 Å². The Morgan fingerprint density at radius 3 is 1.71 bits per heavy atom. The molecule has 0 unspecified atom stereocenters. The van der Waals surface area contributed by atoms with Gasteiger partial charge in [-0.2, -0.15) is 0 Å². The molecule has 7 aromatic carbocycles. The van der Waals surface area contributed by atoms with E-state index < -0.39 is 8.07 Å². The molecule has 0 saturated carbocycles. The Kier molecular flexibility index (Phi) is 6.91. The Hall–Kier alpha value is -6.43. The summed E-state index contributed by atoms with van der Waals surface area (Å²) >= 11 is 0. The van der Waals surface area contributed by atoms with Crippen molar-refractivity contribution in [3.8, 4) is 67.5 Å². The zero-order chi connectivity index (χ0) is 34.8. The largest absolute Gasteiger partial charge is 0.455 e. The maximum Gasteiger partial charge on any atom is 0.164 e. The summed E-state index contributed by atoms with van der Waals surface area (Å²) in [7, 11) is -2.00.